The summed E-state index contributed by atoms with van der Waals surface area (Å²) < 4.78 is 22.5. The van der Waals surface area contributed by atoms with Crippen LogP contribution in [0.3, 0.4) is 0 Å². The summed E-state index contributed by atoms with van der Waals surface area (Å²) in [6.45, 7) is 3.87. The largest absolute Gasteiger partial charge is 0.325 e. The van der Waals surface area contributed by atoms with Crippen LogP contribution in [-0.2, 0) is 15.5 Å². The summed E-state index contributed by atoms with van der Waals surface area (Å²) in [4.78, 5) is 0. The van der Waals surface area contributed by atoms with Gasteiger partial charge < -0.3 is 5.73 Å². The summed E-state index contributed by atoms with van der Waals surface area (Å²) in [7, 11) is 0. The highest BCUT2D eigenvalue weighted by molar-refractivity contribution is 7.74. The van der Waals surface area contributed by atoms with Crippen molar-refractivity contribution in [3.63, 3.8) is 0 Å². The molecule has 0 heterocycles. The number of hydrogen-bond acceptors (Lipinski definition) is 3. The third kappa shape index (κ3) is 8.03. The zero-order chi connectivity index (χ0) is 8.20. The minimum absolute atomic E-state index is 0.215. The molecule has 0 bridgehead atoms. The first-order valence-corrected chi connectivity index (χ1v) is 3.98. The molecule has 5 heteroatoms. The lowest BCUT2D eigenvalue weighted by Crippen LogP contribution is -2.33. The summed E-state index contributed by atoms with van der Waals surface area (Å²) in [6, 6.07) is 0. The lowest BCUT2D eigenvalue weighted by molar-refractivity contribution is 0.271. The molecule has 0 aromatic rings. The van der Waals surface area contributed by atoms with Crippen molar-refractivity contribution in [2.45, 2.75) is 25.8 Å². The van der Waals surface area contributed by atoms with Gasteiger partial charge in [-0.25, -0.2) is 0 Å². The van der Waals surface area contributed by atoms with E-state index in [0.717, 1.165) is 0 Å². The van der Waals surface area contributed by atoms with E-state index in [2.05, 4.69) is 4.18 Å². The predicted octanol–water partition coefficient (Wildman–Crippen LogP) is 0.267. The summed E-state index contributed by atoms with van der Waals surface area (Å²) in [6.07, 6.45) is 0.569. The van der Waals surface area contributed by atoms with Gasteiger partial charge in [0, 0.05) is 5.54 Å². The van der Waals surface area contributed by atoms with E-state index in [1.807, 2.05) is 13.8 Å². The third-order valence-corrected chi connectivity index (χ3v) is 1.30. The molecule has 0 fully saturated rings. The Hall–Kier alpha value is 0.0300. The van der Waals surface area contributed by atoms with Gasteiger partial charge in [-0.05, 0) is 20.3 Å². The van der Waals surface area contributed by atoms with Crippen molar-refractivity contribution in [2.75, 3.05) is 6.61 Å². The van der Waals surface area contributed by atoms with Gasteiger partial charge in [-0.3, -0.25) is 8.74 Å². The first kappa shape index (κ1) is 10.0. The summed E-state index contributed by atoms with van der Waals surface area (Å²) in [5, 5.41) is 0. The molecule has 0 aliphatic heterocycles. The molecular weight excluding hydrogens is 154 g/mol. The number of nitrogens with two attached hydrogens (primary N) is 1. The molecule has 1 atom stereocenters. The van der Waals surface area contributed by atoms with Crippen molar-refractivity contribution in [1.82, 2.24) is 0 Å². The highest BCUT2D eigenvalue weighted by Crippen LogP contribution is 2.02. The maximum atomic E-state index is 9.93. The van der Waals surface area contributed by atoms with Crippen LogP contribution in [0.15, 0.2) is 0 Å². The van der Waals surface area contributed by atoms with Crippen LogP contribution in [0.1, 0.15) is 20.3 Å². The second-order valence-corrected chi connectivity index (χ2v) is 3.45. The zero-order valence-electron chi connectivity index (χ0n) is 6.16. The SMILES string of the molecule is CC(C)(N)CCOS(=O)O. The number of rotatable bonds is 4. The molecule has 10 heavy (non-hydrogen) atoms. The quantitative estimate of drug-likeness (QED) is 0.589. The standard InChI is InChI=1S/C5H13NO3S/c1-5(2,6)3-4-9-10(7)8/h3-4,6H2,1-2H3,(H,7,8). The third-order valence-electron chi connectivity index (χ3n) is 0.931. The van der Waals surface area contributed by atoms with E-state index in [-0.39, 0.29) is 12.1 Å². The molecule has 0 spiro atoms. The van der Waals surface area contributed by atoms with E-state index in [9.17, 15) is 4.21 Å². The molecule has 0 aliphatic rings. The van der Waals surface area contributed by atoms with E-state index in [1.165, 1.54) is 0 Å². The molecule has 0 rings (SSSR count). The van der Waals surface area contributed by atoms with Crippen LogP contribution in [0.2, 0.25) is 0 Å². The summed E-state index contributed by atoms with van der Waals surface area (Å²) in [5.41, 5.74) is 5.23. The molecule has 0 aromatic carbocycles. The first-order valence-electron chi connectivity index (χ1n) is 2.95. The molecule has 0 aromatic heterocycles. The van der Waals surface area contributed by atoms with Gasteiger partial charge in [0.1, 0.15) is 0 Å². The van der Waals surface area contributed by atoms with E-state index in [4.69, 9.17) is 10.3 Å². The molecule has 0 saturated heterocycles. The molecule has 1 unspecified atom stereocenters. The van der Waals surface area contributed by atoms with Crippen LogP contribution in [-0.4, -0.2) is 20.9 Å². The Morgan fingerprint density at radius 1 is 1.70 bits per heavy atom. The highest BCUT2D eigenvalue weighted by Gasteiger charge is 2.10. The van der Waals surface area contributed by atoms with E-state index < -0.39 is 11.4 Å². The van der Waals surface area contributed by atoms with Gasteiger partial charge in [0.2, 0.25) is 0 Å². The Labute approximate surface area is 63.2 Å². The van der Waals surface area contributed by atoms with Gasteiger partial charge in [0.05, 0.1) is 6.61 Å². The fourth-order valence-corrected chi connectivity index (χ4v) is 0.602. The Balaban J connectivity index is 3.29. The molecule has 4 nitrogen and oxygen atoms in total. The monoisotopic (exact) mass is 167 g/mol. The minimum atomic E-state index is -2.16. The molecule has 3 N–H and O–H groups in total. The van der Waals surface area contributed by atoms with E-state index >= 15 is 0 Å². The van der Waals surface area contributed by atoms with Crippen LogP contribution < -0.4 is 5.73 Å². The maximum absolute atomic E-state index is 9.93. The second-order valence-electron chi connectivity index (χ2n) is 2.78. The zero-order valence-corrected chi connectivity index (χ0v) is 6.98. The van der Waals surface area contributed by atoms with Gasteiger partial charge in [-0.15, -0.1) is 0 Å². The summed E-state index contributed by atoms with van der Waals surface area (Å²) in [5.74, 6) is 0. The van der Waals surface area contributed by atoms with Crippen molar-refractivity contribution < 1.29 is 12.9 Å². The van der Waals surface area contributed by atoms with Crippen molar-refractivity contribution in [3.8, 4) is 0 Å². The lowest BCUT2D eigenvalue weighted by Gasteiger charge is -2.16. The second kappa shape index (κ2) is 4.02. The minimum Gasteiger partial charge on any atom is -0.325 e. The van der Waals surface area contributed by atoms with Crippen LogP contribution >= 0.6 is 0 Å². The van der Waals surface area contributed by atoms with Crippen molar-refractivity contribution >= 4 is 11.4 Å². The van der Waals surface area contributed by atoms with Crippen LogP contribution in [0.25, 0.3) is 0 Å². The van der Waals surface area contributed by atoms with Gasteiger partial charge in [0.15, 0.2) is 0 Å². The fraction of sp³-hybridized carbons (Fsp3) is 1.00. The predicted molar refractivity (Wildman–Crippen MR) is 39.6 cm³/mol. The first-order chi connectivity index (χ1) is 4.42. The average molecular weight is 167 g/mol. The Morgan fingerprint density at radius 3 is 2.50 bits per heavy atom. The normalized spacial score (nSPS) is 15.2. The van der Waals surface area contributed by atoms with Crippen LogP contribution in [0, 0.1) is 0 Å². The Morgan fingerprint density at radius 2 is 2.20 bits per heavy atom. The van der Waals surface area contributed by atoms with Crippen LogP contribution in [0.5, 0.6) is 0 Å². The topological polar surface area (TPSA) is 72.5 Å². The maximum Gasteiger partial charge on any atom is 0.301 e. The van der Waals surface area contributed by atoms with Gasteiger partial charge in [0.25, 0.3) is 0 Å². The van der Waals surface area contributed by atoms with E-state index in [1.54, 1.807) is 0 Å². The highest BCUT2D eigenvalue weighted by atomic mass is 32.2. The van der Waals surface area contributed by atoms with Gasteiger partial charge in [-0.1, -0.05) is 0 Å². The smallest absolute Gasteiger partial charge is 0.301 e. The Kier molecular flexibility index (Phi) is 4.04. The molecule has 0 saturated carbocycles. The molecule has 0 amide bonds. The average Bonchev–Trinajstić information content (AvgIpc) is 1.59. The van der Waals surface area contributed by atoms with Crippen molar-refractivity contribution in [3.05, 3.63) is 0 Å². The van der Waals surface area contributed by atoms with Gasteiger partial charge in [-0.2, -0.15) is 4.21 Å². The Bertz CT molecular complexity index is 121. The fourth-order valence-electron chi connectivity index (χ4n) is 0.376. The molecule has 0 radical (unpaired) electrons. The van der Waals surface area contributed by atoms with Crippen molar-refractivity contribution in [1.29, 1.82) is 0 Å². The van der Waals surface area contributed by atoms with Gasteiger partial charge >= 0.3 is 11.4 Å². The summed E-state index contributed by atoms with van der Waals surface area (Å²) >= 11 is -2.16. The molecular formula is C5H13NO3S. The van der Waals surface area contributed by atoms with Crippen molar-refractivity contribution in [2.24, 2.45) is 5.73 Å². The number of hydrogen-bond donors (Lipinski definition) is 2. The molecule has 0 aliphatic carbocycles. The van der Waals surface area contributed by atoms with Crippen LogP contribution in [0.4, 0.5) is 0 Å². The lowest BCUT2D eigenvalue weighted by atomic mass is 10.0. The van der Waals surface area contributed by atoms with E-state index in [0.29, 0.717) is 6.42 Å². The molecule has 62 valence electrons.